The lowest BCUT2D eigenvalue weighted by Gasteiger charge is -2.29. The maximum Gasteiger partial charge on any atom is 0.137 e. The topological polar surface area (TPSA) is 38.2 Å². The Hall–Kier alpha value is -0.870. The van der Waals surface area contributed by atoms with E-state index in [2.05, 4.69) is 16.9 Å². The molecule has 1 aliphatic carbocycles. The fourth-order valence-corrected chi connectivity index (χ4v) is 2.90. The zero-order chi connectivity index (χ0) is 14.1. The summed E-state index contributed by atoms with van der Waals surface area (Å²) in [7, 11) is 2.07. The summed E-state index contributed by atoms with van der Waals surface area (Å²) in [6.07, 6.45) is 6.27. The van der Waals surface area contributed by atoms with Crippen LogP contribution in [0.15, 0.2) is 0 Å². The van der Waals surface area contributed by atoms with Gasteiger partial charge >= 0.3 is 0 Å². The van der Waals surface area contributed by atoms with Gasteiger partial charge in [-0.05, 0) is 39.0 Å². The van der Waals surface area contributed by atoms with Gasteiger partial charge in [-0.25, -0.2) is 9.97 Å². The third-order valence-corrected chi connectivity index (χ3v) is 4.50. The largest absolute Gasteiger partial charge is 0.376 e. The predicted octanol–water partition coefficient (Wildman–Crippen LogP) is 3.32. The predicted molar refractivity (Wildman–Crippen MR) is 80.6 cm³/mol. The van der Waals surface area contributed by atoms with Crippen molar-refractivity contribution >= 4 is 17.4 Å². The molecule has 4 nitrogen and oxygen atoms in total. The van der Waals surface area contributed by atoms with Crippen LogP contribution in [0.2, 0.25) is 5.15 Å². The van der Waals surface area contributed by atoms with E-state index in [1.807, 2.05) is 6.92 Å². The smallest absolute Gasteiger partial charge is 0.137 e. The number of anilines is 1. The summed E-state index contributed by atoms with van der Waals surface area (Å²) in [4.78, 5) is 11.3. The first kappa shape index (κ1) is 14.1. The SMILES string of the molecule is Cc1c(Cl)nc(C2CC2)nc1N(C)CC1CCCCO1. The van der Waals surface area contributed by atoms with Gasteiger partial charge in [0.15, 0.2) is 0 Å². The Kier molecular flexibility index (Phi) is 4.13. The number of nitrogens with zero attached hydrogens (tertiary/aromatic N) is 3. The number of rotatable bonds is 4. The van der Waals surface area contributed by atoms with Crippen molar-refractivity contribution in [2.45, 2.75) is 51.0 Å². The zero-order valence-electron chi connectivity index (χ0n) is 12.2. The molecule has 1 saturated carbocycles. The van der Waals surface area contributed by atoms with Crippen LogP contribution in [0.1, 0.15) is 49.4 Å². The average Bonchev–Trinajstić information content (AvgIpc) is 3.27. The third-order valence-electron chi connectivity index (χ3n) is 4.13. The Morgan fingerprint density at radius 2 is 2.05 bits per heavy atom. The van der Waals surface area contributed by atoms with Gasteiger partial charge in [0.2, 0.25) is 0 Å². The molecule has 0 radical (unpaired) electrons. The second-order valence-electron chi connectivity index (χ2n) is 5.96. The first-order valence-electron chi connectivity index (χ1n) is 7.52. The van der Waals surface area contributed by atoms with Crippen molar-refractivity contribution in [3.05, 3.63) is 16.5 Å². The summed E-state index contributed by atoms with van der Waals surface area (Å²) in [6, 6.07) is 0. The molecule has 1 saturated heterocycles. The molecule has 110 valence electrons. The van der Waals surface area contributed by atoms with E-state index in [1.54, 1.807) is 0 Å². The van der Waals surface area contributed by atoms with Crippen LogP contribution in [-0.2, 0) is 4.74 Å². The summed E-state index contributed by atoms with van der Waals surface area (Å²) in [5, 5.41) is 0.591. The third kappa shape index (κ3) is 3.07. The minimum absolute atomic E-state index is 0.311. The van der Waals surface area contributed by atoms with Crippen molar-refractivity contribution in [2.24, 2.45) is 0 Å². The zero-order valence-corrected chi connectivity index (χ0v) is 13.0. The lowest BCUT2D eigenvalue weighted by molar-refractivity contribution is 0.0215. The minimum Gasteiger partial charge on any atom is -0.376 e. The Morgan fingerprint density at radius 1 is 1.25 bits per heavy atom. The molecule has 2 aliphatic rings. The van der Waals surface area contributed by atoms with Gasteiger partial charge in [-0.15, -0.1) is 0 Å². The van der Waals surface area contributed by atoms with E-state index in [0.29, 0.717) is 17.2 Å². The van der Waals surface area contributed by atoms with Gasteiger partial charge in [0.05, 0.1) is 6.10 Å². The first-order chi connectivity index (χ1) is 9.65. The average molecular weight is 296 g/mol. The van der Waals surface area contributed by atoms with Gasteiger partial charge in [-0.3, -0.25) is 0 Å². The molecule has 0 aromatic carbocycles. The van der Waals surface area contributed by atoms with Gasteiger partial charge in [0, 0.05) is 31.7 Å². The molecule has 1 aliphatic heterocycles. The van der Waals surface area contributed by atoms with Gasteiger partial charge in [0.25, 0.3) is 0 Å². The molecular formula is C15H22ClN3O. The van der Waals surface area contributed by atoms with Crippen LogP contribution in [0.3, 0.4) is 0 Å². The van der Waals surface area contributed by atoms with Gasteiger partial charge in [-0.1, -0.05) is 11.6 Å². The van der Waals surface area contributed by atoms with E-state index in [4.69, 9.17) is 21.3 Å². The second-order valence-corrected chi connectivity index (χ2v) is 6.32. The maximum atomic E-state index is 6.27. The lowest BCUT2D eigenvalue weighted by Crippen LogP contribution is -2.34. The molecule has 1 unspecified atom stereocenters. The van der Waals surface area contributed by atoms with Gasteiger partial charge in [-0.2, -0.15) is 0 Å². The molecular weight excluding hydrogens is 274 g/mol. The standard InChI is InChI=1S/C15H22ClN3O/c1-10-13(16)17-14(11-6-7-11)18-15(10)19(2)9-12-5-3-4-8-20-12/h11-12H,3-9H2,1-2H3. The van der Waals surface area contributed by atoms with E-state index < -0.39 is 0 Å². The molecule has 0 bridgehead atoms. The summed E-state index contributed by atoms with van der Waals surface area (Å²) >= 11 is 6.27. The number of halogens is 1. The van der Waals surface area contributed by atoms with Crippen LogP contribution in [0.25, 0.3) is 0 Å². The Bertz CT molecular complexity index is 484. The molecule has 2 fully saturated rings. The highest BCUT2D eigenvalue weighted by molar-refractivity contribution is 6.30. The summed E-state index contributed by atoms with van der Waals surface area (Å²) in [5.41, 5.74) is 0.967. The number of hydrogen-bond donors (Lipinski definition) is 0. The first-order valence-corrected chi connectivity index (χ1v) is 7.89. The van der Waals surface area contributed by atoms with Gasteiger partial charge < -0.3 is 9.64 Å². The van der Waals surface area contributed by atoms with Crippen LogP contribution in [-0.4, -0.2) is 36.3 Å². The molecule has 1 atom stereocenters. The van der Waals surface area contributed by atoms with E-state index in [1.165, 1.54) is 25.7 Å². The Balaban J connectivity index is 1.76. The van der Waals surface area contributed by atoms with Crippen molar-refractivity contribution in [1.29, 1.82) is 0 Å². The molecule has 5 heteroatoms. The normalized spacial score (nSPS) is 22.9. The summed E-state index contributed by atoms with van der Waals surface area (Å²) < 4.78 is 5.81. The van der Waals surface area contributed by atoms with Crippen molar-refractivity contribution < 1.29 is 4.74 Å². The van der Waals surface area contributed by atoms with Gasteiger partial charge in [0.1, 0.15) is 16.8 Å². The highest BCUT2D eigenvalue weighted by Crippen LogP contribution is 2.39. The van der Waals surface area contributed by atoms with Crippen molar-refractivity contribution in [3.63, 3.8) is 0 Å². The number of ether oxygens (including phenoxy) is 1. The molecule has 0 amide bonds. The Morgan fingerprint density at radius 3 is 2.70 bits per heavy atom. The number of likely N-dealkylation sites (N-methyl/N-ethyl adjacent to an activating group) is 1. The molecule has 1 aromatic rings. The molecule has 0 spiro atoms. The fraction of sp³-hybridized carbons (Fsp3) is 0.733. The molecule has 2 heterocycles. The maximum absolute atomic E-state index is 6.27. The molecule has 1 aromatic heterocycles. The van der Waals surface area contributed by atoms with E-state index in [0.717, 1.165) is 36.8 Å². The number of aromatic nitrogens is 2. The highest BCUT2D eigenvalue weighted by atomic mass is 35.5. The fourth-order valence-electron chi connectivity index (χ4n) is 2.73. The minimum atomic E-state index is 0.311. The van der Waals surface area contributed by atoms with Crippen LogP contribution in [0, 0.1) is 6.92 Å². The van der Waals surface area contributed by atoms with Crippen LogP contribution in [0.4, 0.5) is 5.82 Å². The monoisotopic (exact) mass is 295 g/mol. The second kappa shape index (κ2) is 5.86. The quantitative estimate of drug-likeness (QED) is 0.799. The van der Waals surface area contributed by atoms with Crippen molar-refractivity contribution in [2.75, 3.05) is 25.1 Å². The van der Waals surface area contributed by atoms with Crippen molar-refractivity contribution in [1.82, 2.24) is 9.97 Å². The van der Waals surface area contributed by atoms with Crippen LogP contribution >= 0.6 is 11.6 Å². The molecule has 0 N–H and O–H groups in total. The molecule has 20 heavy (non-hydrogen) atoms. The molecule has 3 rings (SSSR count). The Labute approximate surface area is 125 Å². The van der Waals surface area contributed by atoms with E-state index in [9.17, 15) is 0 Å². The van der Waals surface area contributed by atoms with E-state index in [-0.39, 0.29) is 0 Å². The number of hydrogen-bond acceptors (Lipinski definition) is 4. The van der Waals surface area contributed by atoms with Crippen molar-refractivity contribution in [3.8, 4) is 0 Å². The highest BCUT2D eigenvalue weighted by Gasteiger charge is 2.29. The lowest BCUT2D eigenvalue weighted by atomic mass is 10.1. The van der Waals surface area contributed by atoms with Crippen LogP contribution < -0.4 is 4.90 Å². The summed E-state index contributed by atoms with van der Waals surface area (Å²) in [6.45, 7) is 3.75. The van der Waals surface area contributed by atoms with Crippen LogP contribution in [0.5, 0.6) is 0 Å². The van der Waals surface area contributed by atoms with E-state index >= 15 is 0 Å². The summed E-state index contributed by atoms with van der Waals surface area (Å²) in [5.74, 6) is 2.39.